The van der Waals surface area contributed by atoms with Crippen LogP contribution >= 0.6 is 0 Å². The van der Waals surface area contributed by atoms with E-state index in [-0.39, 0.29) is 19.1 Å². The minimum Gasteiger partial charge on any atom is -0.396 e. The van der Waals surface area contributed by atoms with Crippen molar-refractivity contribution in [2.24, 2.45) is 5.41 Å². The molecular weight excluding hydrogens is 182 g/mol. The van der Waals surface area contributed by atoms with Crippen LogP contribution in [0.5, 0.6) is 0 Å². The molecule has 1 heterocycles. The van der Waals surface area contributed by atoms with E-state index in [1.54, 1.807) is 4.90 Å². The highest BCUT2D eigenvalue weighted by Crippen LogP contribution is 2.39. The maximum atomic E-state index is 11.9. The first-order chi connectivity index (χ1) is 6.61. The SMILES string of the molecule is C=C1CC(CO)(CCO)C(=O)N1CC. The van der Waals surface area contributed by atoms with Gasteiger partial charge in [-0.05, 0) is 13.3 Å². The van der Waals surface area contributed by atoms with E-state index in [4.69, 9.17) is 5.11 Å². The minimum atomic E-state index is -0.818. The fourth-order valence-electron chi connectivity index (χ4n) is 1.97. The number of hydrogen-bond acceptors (Lipinski definition) is 3. The maximum absolute atomic E-state index is 11.9. The largest absolute Gasteiger partial charge is 0.396 e. The number of aliphatic hydroxyl groups is 2. The van der Waals surface area contributed by atoms with Crippen molar-refractivity contribution in [2.45, 2.75) is 19.8 Å². The first kappa shape index (κ1) is 11.2. The number of amides is 1. The molecule has 80 valence electrons. The van der Waals surface area contributed by atoms with Gasteiger partial charge in [0.2, 0.25) is 5.91 Å². The molecule has 1 atom stereocenters. The highest BCUT2D eigenvalue weighted by atomic mass is 16.3. The van der Waals surface area contributed by atoms with E-state index in [2.05, 4.69) is 6.58 Å². The summed E-state index contributed by atoms with van der Waals surface area (Å²) in [5.74, 6) is -0.110. The maximum Gasteiger partial charge on any atom is 0.235 e. The van der Waals surface area contributed by atoms with Crippen molar-refractivity contribution in [2.75, 3.05) is 19.8 Å². The topological polar surface area (TPSA) is 60.8 Å². The van der Waals surface area contributed by atoms with Crippen LogP contribution in [0, 0.1) is 5.41 Å². The molecule has 4 heteroatoms. The molecule has 0 saturated carbocycles. The van der Waals surface area contributed by atoms with Gasteiger partial charge in [-0.25, -0.2) is 0 Å². The van der Waals surface area contributed by atoms with Gasteiger partial charge in [-0.2, -0.15) is 0 Å². The Hall–Kier alpha value is -0.870. The molecule has 0 radical (unpaired) electrons. The van der Waals surface area contributed by atoms with E-state index in [0.29, 0.717) is 19.4 Å². The van der Waals surface area contributed by atoms with Gasteiger partial charge < -0.3 is 15.1 Å². The van der Waals surface area contributed by atoms with Gasteiger partial charge in [-0.15, -0.1) is 0 Å². The first-order valence-corrected chi connectivity index (χ1v) is 4.82. The van der Waals surface area contributed by atoms with Gasteiger partial charge in [-0.3, -0.25) is 4.79 Å². The lowest BCUT2D eigenvalue weighted by Crippen LogP contribution is -2.37. The molecule has 0 aromatic carbocycles. The van der Waals surface area contributed by atoms with Crippen molar-refractivity contribution in [1.82, 2.24) is 4.90 Å². The zero-order valence-corrected chi connectivity index (χ0v) is 8.49. The third-order valence-corrected chi connectivity index (χ3v) is 2.83. The summed E-state index contributed by atoms with van der Waals surface area (Å²) in [5.41, 5.74) is -0.0815. The standard InChI is InChI=1S/C10H17NO3/c1-3-11-8(2)6-10(7-13,4-5-12)9(11)14/h12-13H,2-7H2,1H3. The van der Waals surface area contributed by atoms with E-state index in [9.17, 15) is 9.90 Å². The molecule has 1 saturated heterocycles. The highest BCUT2D eigenvalue weighted by Gasteiger charge is 2.47. The molecule has 1 aliphatic heterocycles. The Morgan fingerprint density at radius 1 is 1.57 bits per heavy atom. The fourth-order valence-corrected chi connectivity index (χ4v) is 1.97. The van der Waals surface area contributed by atoms with Gasteiger partial charge >= 0.3 is 0 Å². The highest BCUT2D eigenvalue weighted by molar-refractivity contribution is 5.87. The Kier molecular flexibility index (Phi) is 3.29. The quantitative estimate of drug-likeness (QED) is 0.675. The molecule has 14 heavy (non-hydrogen) atoms. The van der Waals surface area contributed by atoms with Crippen molar-refractivity contribution >= 4 is 5.91 Å². The third kappa shape index (κ3) is 1.55. The molecule has 1 rings (SSSR count). The minimum absolute atomic E-state index is 0.0862. The predicted molar refractivity (Wildman–Crippen MR) is 52.4 cm³/mol. The molecular formula is C10H17NO3. The second-order valence-electron chi connectivity index (χ2n) is 3.70. The van der Waals surface area contributed by atoms with E-state index >= 15 is 0 Å². The molecule has 0 aromatic heterocycles. The number of allylic oxidation sites excluding steroid dienone is 1. The Labute approximate surface area is 83.8 Å². The molecule has 0 aliphatic carbocycles. The number of aliphatic hydroxyl groups excluding tert-OH is 2. The van der Waals surface area contributed by atoms with Crippen LogP contribution in [-0.4, -0.2) is 40.8 Å². The van der Waals surface area contributed by atoms with Crippen LogP contribution < -0.4 is 0 Å². The Balaban J connectivity index is 2.90. The van der Waals surface area contributed by atoms with Crippen molar-refractivity contribution in [1.29, 1.82) is 0 Å². The Morgan fingerprint density at radius 2 is 2.21 bits per heavy atom. The first-order valence-electron chi connectivity index (χ1n) is 4.82. The molecule has 0 spiro atoms. The van der Waals surface area contributed by atoms with Gasteiger partial charge in [0.1, 0.15) is 0 Å². The third-order valence-electron chi connectivity index (χ3n) is 2.83. The molecule has 0 aromatic rings. The normalized spacial score (nSPS) is 27.5. The van der Waals surface area contributed by atoms with Crippen molar-refractivity contribution in [3.05, 3.63) is 12.3 Å². The predicted octanol–water partition coefficient (Wildman–Crippen LogP) is 0.113. The Bertz CT molecular complexity index is 252. The number of carbonyl (C=O) groups excluding carboxylic acids is 1. The Morgan fingerprint density at radius 3 is 2.57 bits per heavy atom. The van der Waals surface area contributed by atoms with Gasteiger partial charge in [0, 0.05) is 25.3 Å². The van der Waals surface area contributed by atoms with Crippen LogP contribution in [0.3, 0.4) is 0 Å². The van der Waals surface area contributed by atoms with Gasteiger partial charge in [-0.1, -0.05) is 6.58 Å². The van der Waals surface area contributed by atoms with Crippen LogP contribution in [0.15, 0.2) is 12.3 Å². The molecule has 1 fully saturated rings. The average Bonchev–Trinajstić information content (AvgIpc) is 2.40. The zero-order valence-electron chi connectivity index (χ0n) is 8.49. The van der Waals surface area contributed by atoms with Crippen LogP contribution in [0.4, 0.5) is 0 Å². The molecule has 1 unspecified atom stereocenters. The van der Waals surface area contributed by atoms with E-state index in [1.807, 2.05) is 6.92 Å². The van der Waals surface area contributed by atoms with Gasteiger partial charge in [0.25, 0.3) is 0 Å². The summed E-state index contributed by atoms with van der Waals surface area (Å²) >= 11 is 0. The van der Waals surface area contributed by atoms with E-state index in [1.165, 1.54) is 0 Å². The number of likely N-dealkylation sites (tertiary alicyclic amines) is 1. The van der Waals surface area contributed by atoms with E-state index in [0.717, 1.165) is 5.70 Å². The molecule has 1 amide bonds. The zero-order chi connectivity index (χ0) is 10.8. The summed E-state index contributed by atoms with van der Waals surface area (Å²) in [7, 11) is 0. The summed E-state index contributed by atoms with van der Waals surface area (Å²) in [5, 5.41) is 18.1. The number of nitrogens with zero attached hydrogens (tertiary/aromatic N) is 1. The molecule has 1 aliphatic rings. The van der Waals surface area contributed by atoms with Crippen LogP contribution in [0.1, 0.15) is 19.8 Å². The summed E-state index contributed by atoms with van der Waals surface area (Å²) in [6.07, 6.45) is 0.759. The summed E-state index contributed by atoms with van der Waals surface area (Å²) in [6, 6.07) is 0. The number of rotatable bonds is 4. The lowest BCUT2D eigenvalue weighted by molar-refractivity contribution is -0.138. The summed E-state index contributed by atoms with van der Waals surface area (Å²) < 4.78 is 0. The van der Waals surface area contributed by atoms with Crippen LogP contribution in [0.2, 0.25) is 0 Å². The molecule has 4 nitrogen and oxygen atoms in total. The monoisotopic (exact) mass is 199 g/mol. The lowest BCUT2D eigenvalue weighted by Gasteiger charge is -2.23. The van der Waals surface area contributed by atoms with Crippen molar-refractivity contribution in [3.8, 4) is 0 Å². The average molecular weight is 199 g/mol. The van der Waals surface area contributed by atoms with Gasteiger partial charge in [0.05, 0.1) is 12.0 Å². The summed E-state index contributed by atoms with van der Waals surface area (Å²) in [4.78, 5) is 13.5. The smallest absolute Gasteiger partial charge is 0.235 e. The number of hydrogen-bond donors (Lipinski definition) is 2. The molecule has 0 bridgehead atoms. The van der Waals surface area contributed by atoms with Crippen molar-refractivity contribution in [3.63, 3.8) is 0 Å². The summed E-state index contributed by atoms with van der Waals surface area (Å²) in [6.45, 7) is 5.93. The van der Waals surface area contributed by atoms with Crippen molar-refractivity contribution < 1.29 is 15.0 Å². The van der Waals surface area contributed by atoms with Crippen LogP contribution in [0.25, 0.3) is 0 Å². The fraction of sp³-hybridized carbons (Fsp3) is 0.700. The van der Waals surface area contributed by atoms with Crippen LogP contribution in [-0.2, 0) is 4.79 Å². The lowest BCUT2D eigenvalue weighted by atomic mass is 9.83. The van der Waals surface area contributed by atoms with Gasteiger partial charge in [0.15, 0.2) is 0 Å². The second kappa shape index (κ2) is 4.11. The number of carbonyl (C=O) groups is 1. The second-order valence-corrected chi connectivity index (χ2v) is 3.70. The van der Waals surface area contributed by atoms with E-state index < -0.39 is 5.41 Å². The molecule has 2 N–H and O–H groups in total.